The first-order valence-corrected chi connectivity index (χ1v) is 9.79. The zero-order valence-electron chi connectivity index (χ0n) is 15.5. The number of nitrogens with one attached hydrogen (secondary N) is 3. The van der Waals surface area contributed by atoms with Crippen molar-refractivity contribution in [2.45, 2.75) is 32.7 Å². The van der Waals surface area contributed by atoms with Gasteiger partial charge in [0.25, 0.3) is 5.91 Å². The minimum absolute atomic E-state index is 0.0740. The quantitative estimate of drug-likeness (QED) is 0.701. The van der Waals surface area contributed by atoms with E-state index in [9.17, 15) is 9.18 Å². The summed E-state index contributed by atoms with van der Waals surface area (Å²) in [5.74, 6) is -0.886. The van der Waals surface area contributed by atoms with E-state index in [1.807, 2.05) is 13.0 Å². The van der Waals surface area contributed by atoms with Gasteiger partial charge in [0, 0.05) is 13.1 Å². The summed E-state index contributed by atoms with van der Waals surface area (Å²) in [6.45, 7) is 4.81. The lowest BCUT2D eigenvalue weighted by Crippen LogP contribution is -2.25. The van der Waals surface area contributed by atoms with Crippen molar-refractivity contribution in [2.24, 2.45) is 0 Å². The molecule has 0 radical (unpaired) electrons. The number of hydrogen-bond donors (Lipinski definition) is 3. The van der Waals surface area contributed by atoms with E-state index in [1.54, 1.807) is 6.07 Å². The molecule has 1 heterocycles. The molecule has 2 aromatic rings. The van der Waals surface area contributed by atoms with E-state index in [4.69, 9.17) is 11.6 Å². The highest BCUT2D eigenvalue weighted by molar-refractivity contribution is 6.33. The molecule has 0 bridgehead atoms. The molecular formula is C21H25ClFN3O. The van der Waals surface area contributed by atoms with Gasteiger partial charge in [-0.1, -0.05) is 30.7 Å². The maximum atomic E-state index is 14.3. The summed E-state index contributed by atoms with van der Waals surface area (Å²) in [6, 6.07) is 8.71. The Morgan fingerprint density at radius 1 is 1.22 bits per heavy atom. The molecule has 0 saturated heterocycles. The maximum Gasteiger partial charge on any atom is 0.254 e. The predicted molar refractivity (Wildman–Crippen MR) is 108 cm³/mol. The van der Waals surface area contributed by atoms with E-state index >= 15 is 0 Å². The first-order chi connectivity index (χ1) is 13.1. The van der Waals surface area contributed by atoms with Gasteiger partial charge in [0.05, 0.1) is 16.3 Å². The first kappa shape index (κ1) is 19.6. The molecular weight excluding hydrogens is 365 g/mol. The van der Waals surface area contributed by atoms with Crippen molar-refractivity contribution >= 4 is 23.2 Å². The van der Waals surface area contributed by atoms with Crippen molar-refractivity contribution in [2.75, 3.05) is 25.0 Å². The topological polar surface area (TPSA) is 53.2 Å². The lowest BCUT2D eigenvalue weighted by molar-refractivity contribution is 0.0949. The van der Waals surface area contributed by atoms with E-state index in [-0.39, 0.29) is 11.5 Å². The number of carbonyl (C=O) groups is 1. The van der Waals surface area contributed by atoms with Crippen molar-refractivity contribution in [1.82, 2.24) is 10.6 Å². The second-order valence-corrected chi connectivity index (χ2v) is 7.14. The molecule has 0 aromatic heterocycles. The highest BCUT2D eigenvalue weighted by atomic mass is 35.5. The standard InChI is InChI=1S/C21H25ClFN3O/c1-2-9-25-21(27)17-5-3-14(12-19(17)23)13-26-20-16-8-11-24-10-7-15(16)4-6-18(20)22/h3-6,12,24,26H,2,7-11,13H2,1H3,(H,25,27). The van der Waals surface area contributed by atoms with Crippen LogP contribution >= 0.6 is 11.6 Å². The average molecular weight is 390 g/mol. The van der Waals surface area contributed by atoms with Crippen LogP contribution in [0, 0.1) is 5.82 Å². The Hall–Kier alpha value is -2.11. The van der Waals surface area contributed by atoms with Crippen LogP contribution in [0.4, 0.5) is 10.1 Å². The highest BCUT2D eigenvalue weighted by Crippen LogP contribution is 2.31. The Labute approximate surface area is 164 Å². The van der Waals surface area contributed by atoms with Gasteiger partial charge in [-0.3, -0.25) is 4.79 Å². The lowest BCUT2D eigenvalue weighted by Gasteiger charge is -2.16. The van der Waals surface area contributed by atoms with Gasteiger partial charge >= 0.3 is 0 Å². The maximum absolute atomic E-state index is 14.3. The lowest BCUT2D eigenvalue weighted by atomic mass is 10.0. The van der Waals surface area contributed by atoms with Gasteiger partial charge in [0.15, 0.2) is 0 Å². The number of fused-ring (bicyclic) bond motifs is 1. The molecule has 0 aliphatic carbocycles. The van der Waals surface area contributed by atoms with Crippen LogP contribution in [-0.4, -0.2) is 25.5 Å². The molecule has 3 N–H and O–H groups in total. The summed E-state index contributed by atoms with van der Waals surface area (Å²) in [5, 5.41) is 10.1. The Balaban J connectivity index is 1.74. The van der Waals surface area contributed by atoms with Gasteiger partial charge in [-0.25, -0.2) is 4.39 Å². The molecule has 1 aliphatic rings. The molecule has 27 heavy (non-hydrogen) atoms. The minimum atomic E-state index is -0.509. The number of amides is 1. The number of halogens is 2. The minimum Gasteiger partial charge on any atom is -0.380 e. The van der Waals surface area contributed by atoms with Crippen LogP contribution < -0.4 is 16.0 Å². The molecule has 0 unspecified atom stereocenters. The number of anilines is 1. The van der Waals surface area contributed by atoms with Gasteiger partial charge in [0.2, 0.25) is 0 Å². The molecule has 2 aromatic carbocycles. The summed E-state index contributed by atoms with van der Waals surface area (Å²) >= 11 is 6.42. The van der Waals surface area contributed by atoms with Crippen LogP contribution in [-0.2, 0) is 19.4 Å². The third kappa shape index (κ3) is 4.79. The number of hydrogen-bond acceptors (Lipinski definition) is 3. The molecule has 1 aliphatic heterocycles. The van der Waals surface area contributed by atoms with Crippen LogP contribution in [0.15, 0.2) is 30.3 Å². The van der Waals surface area contributed by atoms with Crippen molar-refractivity contribution < 1.29 is 9.18 Å². The SMILES string of the molecule is CCCNC(=O)c1ccc(CNc2c(Cl)ccc3c2CCNCC3)cc1F. The normalized spacial score (nSPS) is 13.6. The van der Waals surface area contributed by atoms with Crippen LogP contribution in [0.3, 0.4) is 0 Å². The van der Waals surface area contributed by atoms with Crippen molar-refractivity contribution in [3.8, 4) is 0 Å². The summed E-state index contributed by atoms with van der Waals surface area (Å²) < 4.78 is 14.3. The fourth-order valence-electron chi connectivity index (χ4n) is 3.31. The van der Waals surface area contributed by atoms with Crippen LogP contribution in [0.5, 0.6) is 0 Å². The second-order valence-electron chi connectivity index (χ2n) is 6.73. The smallest absolute Gasteiger partial charge is 0.254 e. The Bertz CT molecular complexity index is 825. The molecule has 144 valence electrons. The molecule has 0 atom stereocenters. The fraction of sp³-hybridized carbons (Fsp3) is 0.381. The second kappa shape index (κ2) is 9.20. The molecule has 0 fully saturated rings. The summed E-state index contributed by atoms with van der Waals surface area (Å²) in [7, 11) is 0. The van der Waals surface area contributed by atoms with Gasteiger partial charge in [-0.15, -0.1) is 0 Å². The number of carbonyl (C=O) groups excluding carboxylic acids is 1. The zero-order chi connectivity index (χ0) is 19.2. The molecule has 0 spiro atoms. The zero-order valence-corrected chi connectivity index (χ0v) is 16.3. The monoisotopic (exact) mass is 389 g/mol. The van der Waals surface area contributed by atoms with Crippen molar-refractivity contribution in [3.05, 3.63) is 63.4 Å². The van der Waals surface area contributed by atoms with E-state index in [0.717, 1.165) is 43.6 Å². The van der Waals surface area contributed by atoms with Crippen LogP contribution in [0.25, 0.3) is 0 Å². The third-order valence-electron chi connectivity index (χ3n) is 4.76. The largest absolute Gasteiger partial charge is 0.380 e. The summed E-state index contributed by atoms with van der Waals surface area (Å²) in [5.41, 5.74) is 4.28. The van der Waals surface area contributed by atoms with E-state index in [2.05, 4.69) is 22.0 Å². The molecule has 0 saturated carbocycles. The highest BCUT2D eigenvalue weighted by Gasteiger charge is 2.15. The summed E-state index contributed by atoms with van der Waals surface area (Å²) in [4.78, 5) is 12.0. The van der Waals surface area contributed by atoms with Gasteiger partial charge in [-0.2, -0.15) is 0 Å². The third-order valence-corrected chi connectivity index (χ3v) is 5.08. The van der Waals surface area contributed by atoms with Crippen molar-refractivity contribution in [1.29, 1.82) is 0 Å². The van der Waals surface area contributed by atoms with E-state index in [0.29, 0.717) is 18.1 Å². The average Bonchev–Trinajstić information content (AvgIpc) is 2.91. The molecule has 1 amide bonds. The van der Waals surface area contributed by atoms with Crippen LogP contribution in [0.1, 0.15) is 40.4 Å². The first-order valence-electron chi connectivity index (χ1n) is 9.41. The summed E-state index contributed by atoms with van der Waals surface area (Å²) in [6.07, 6.45) is 2.69. The molecule has 3 rings (SSSR count). The van der Waals surface area contributed by atoms with E-state index in [1.165, 1.54) is 23.3 Å². The van der Waals surface area contributed by atoms with Gasteiger partial charge in [-0.05, 0) is 67.2 Å². The van der Waals surface area contributed by atoms with Crippen LogP contribution in [0.2, 0.25) is 5.02 Å². The fourth-order valence-corrected chi connectivity index (χ4v) is 3.56. The number of benzene rings is 2. The van der Waals surface area contributed by atoms with E-state index < -0.39 is 5.82 Å². The van der Waals surface area contributed by atoms with Gasteiger partial charge < -0.3 is 16.0 Å². The number of rotatable bonds is 6. The molecule has 4 nitrogen and oxygen atoms in total. The Morgan fingerprint density at radius 2 is 2.04 bits per heavy atom. The predicted octanol–water partition coefficient (Wildman–Crippen LogP) is 3.92. The molecule has 6 heteroatoms. The van der Waals surface area contributed by atoms with Gasteiger partial charge in [0.1, 0.15) is 5.82 Å². The van der Waals surface area contributed by atoms with Crippen molar-refractivity contribution in [3.63, 3.8) is 0 Å². The Morgan fingerprint density at radius 3 is 2.81 bits per heavy atom. The Kier molecular flexibility index (Phi) is 6.69.